The standard InChI is InChI=1S/C54H35NOS/c1-3-15-36(16-4-1)39-33-40(45-23-14-27-51-53(45)48-22-9-11-26-50(48)56-51)35-42(34-39)55(49-25-13-24-47-46-21-10-12-28-52(46)57-54(47)49)41-31-29-38(30-32-41)44-20-8-7-19-43(44)37-17-5-2-6-18-37/h1-35H. The van der Waals surface area contributed by atoms with Crippen molar-refractivity contribution in [3.05, 3.63) is 212 Å². The zero-order valence-electron chi connectivity index (χ0n) is 31.0. The van der Waals surface area contributed by atoms with Crippen LogP contribution >= 0.6 is 11.3 Å². The summed E-state index contributed by atoms with van der Waals surface area (Å²) in [5.74, 6) is 0. The van der Waals surface area contributed by atoms with Crippen LogP contribution in [0.2, 0.25) is 0 Å². The quantitative estimate of drug-likeness (QED) is 0.162. The lowest BCUT2D eigenvalue weighted by Gasteiger charge is -2.28. The van der Waals surface area contributed by atoms with E-state index in [2.05, 4.69) is 211 Å². The van der Waals surface area contributed by atoms with Crippen LogP contribution in [-0.2, 0) is 0 Å². The maximum atomic E-state index is 6.40. The molecule has 0 unspecified atom stereocenters. The third-order valence-corrected chi connectivity index (χ3v) is 12.3. The van der Waals surface area contributed by atoms with Crippen molar-refractivity contribution in [2.45, 2.75) is 0 Å². The fourth-order valence-corrected chi connectivity index (χ4v) is 9.64. The fourth-order valence-electron chi connectivity index (χ4n) is 8.44. The van der Waals surface area contributed by atoms with Gasteiger partial charge in [0.15, 0.2) is 0 Å². The average Bonchev–Trinajstić information content (AvgIpc) is 3.87. The van der Waals surface area contributed by atoms with E-state index in [0.717, 1.165) is 61.3 Å². The Balaban J connectivity index is 1.16. The third kappa shape index (κ3) is 5.80. The number of hydrogen-bond donors (Lipinski definition) is 0. The Bertz CT molecular complexity index is 3230. The van der Waals surface area contributed by atoms with Gasteiger partial charge in [-0.05, 0) is 99.1 Å². The van der Waals surface area contributed by atoms with Crippen LogP contribution in [0.1, 0.15) is 0 Å². The molecular weight excluding hydrogens is 711 g/mol. The Labute approximate surface area is 335 Å². The number of anilines is 3. The van der Waals surface area contributed by atoms with Gasteiger partial charge in [0, 0.05) is 37.6 Å². The maximum absolute atomic E-state index is 6.40. The molecule has 2 aromatic heterocycles. The molecule has 0 atom stereocenters. The van der Waals surface area contributed by atoms with Crippen molar-refractivity contribution in [1.29, 1.82) is 0 Å². The number of fused-ring (bicyclic) bond motifs is 6. The van der Waals surface area contributed by atoms with E-state index in [9.17, 15) is 0 Å². The molecule has 0 spiro atoms. The number of hydrogen-bond acceptors (Lipinski definition) is 3. The van der Waals surface area contributed by atoms with E-state index in [1.807, 2.05) is 17.4 Å². The average molecular weight is 746 g/mol. The molecule has 0 aliphatic carbocycles. The van der Waals surface area contributed by atoms with Gasteiger partial charge in [-0.3, -0.25) is 0 Å². The summed E-state index contributed by atoms with van der Waals surface area (Å²) in [4.78, 5) is 2.45. The molecule has 0 amide bonds. The van der Waals surface area contributed by atoms with Crippen molar-refractivity contribution in [3.8, 4) is 44.5 Å². The second-order valence-electron chi connectivity index (χ2n) is 14.5. The normalized spacial score (nSPS) is 11.5. The van der Waals surface area contributed by atoms with E-state index in [4.69, 9.17) is 4.42 Å². The maximum Gasteiger partial charge on any atom is 0.136 e. The van der Waals surface area contributed by atoms with E-state index in [0.29, 0.717) is 0 Å². The number of rotatable bonds is 7. The minimum Gasteiger partial charge on any atom is -0.456 e. The Morgan fingerprint density at radius 3 is 1.72 bits per heavy atom. The molecule has 0 N–H and O–H groups in total. The first-order chi connectivity index (χ1) is 28.3. The molecular formula is C54H35NOS. The van der Waals surface area contributed by atoms with Gasteiger partial charge in [-0.1, -0.05) is 158 Å². The van der Waals surface area contributed by atoms with E-state index < -0.39 is 0 Å². The molecule has 0 fully saturated rings. The summed E-state index contributed by atoms with van der Waals surface area (Å²) in [6.45, 7) is 0. The number of thiophene rings is 1. The lowest BCUT2D eigenvalue weighted by atomic mass is 9.94. The van der Waals surface area contributed by atoms with E-state index in [1.54, 1.807) is 0 Å². The highest BCUT2D eigenvalue weighted by atomic mass is 32.1. The van der Waals surface area contributed by atoms with Gasteiger partial charge in [-0.25, -0.2) is 0 Å². The summed E-state index contributed by atoms with van der Waals surface area (Å²) >= 11 is 1.86. The summed E-state index contributed by atoms with van der Waals surface area (Å²) in [5, 5.41) is 4.79. The highest BCUT2D eigenvalue weighted by Crippen LogP contribution is 2.47. The fraction of sp³-hybridized carbons (Fsp3) is 0. The number of nitrogens with zero attached hydrogens (tertiary/aromatic N) is 1. The Morgan fingerprint density at radius 2 is 0.930 bits per heavy atom. The zero-order valence-corrected chi connectivity index (χ0v) is 31.8. The smallest absolute Gasteiger partial charge is 0.136 e. The van der Waals surface area contributed by atoms with Crippen molar-refractivity contribution in [3.63, 3.8) is 0 Å². The first-order valence-corrected chi connectivity index (χ1v) is 20.1. The van der Waals surface area contributed by atoms with Crippen molar-refractivity contribution in [2.75, 3.05) is 4.90 Å². The van der Waals surface area contributed by atoms with Crippen molar-refractivity contribution in [1.82, 2.24) is 0 Å². The predicted octanol–water partition coefficient (Wildman–Crippen LogP) is 16.1. The molecule has 0 saturated carbocycles. The van der Waals surface area contributed by atoms with Gasteiger partial charge in [-0.2, -0.15) is 0 Å². The first kappa shape index (κ1) is 33.2. The van der Waals surface area contributed by atoms with Crippen LogP contribution in [0, 0.1) is 0 Å². The number of benzene rings is 9. The molecule has 11 rings (SSSR count). The van der Waals surface area contributed by atoms with Gasteiger partial charge in [0.1, 0.15) is 11.2 Å². The summed E-state index contributed by atoms with van der Waals surface area (Å²) in [6, 6.07) is 76.5. The number of para-hydroxylation sites is 1. The van der Waals surface area contributed by atoms with E-state index in [-0.39, 0.29) is 0 Å². The lowest BCUT2D eigenvalue weighted by Crippen LogP contribution is -2.10. The van der Waals surface area contributed by atoms with Crippen LogP contribution in [0.15, 0.2) is 217 Å². The summed E-state index contributed by atoms with van der Waals surface area (Å²) in [7, 11) is 0. The van der Waals surface area contributed by atoms with Crippen LogP contribution in [0.3, 0.4) is 0 Å². The second-order valence-corrected chi connectivity index (χ2v) is 15.5. The molecule has 0 aliphatic heterocycles. The SMILES string of the molecule is c1ccc(-c2cc(-c3cccc4oc5ccccc5c34)cc(N(c3ccc(-c4ccccc4-c4ccccc4)cc3)c3cccc4c3sc3ccccc34)c2)cc1. The van der Waals surface area contributed by atoms with Gasteiger partial charge in [-0.15, -0.1) is 11.3 Å². The molecule has 0 bridgehead atoms. The van der Waals surface area contributed by atoms with Crippen molar-refractivity contribution in [2.24, 2.45) is 0 Å². The monoisotopic (exact) mass is 745 g/mol. The van der Waals surface area contributed by atoms with Crippen LogP contribution in [0.5, 0.6) is 0 Å². The molecule has 3 heteroatoms. The molecule has 0 radical (unpaired) electrons. The molecule has 9 aromatic carbocycles. The third-order valence-electron chi connectivity index (χ3n) is 11.1. The zero-order chi connectivity index (χ0) is 37.7. The van der Waals surface area contributed by atoms with Crippen LogP contribution < -0.4 is 4.90 Å². The molecule has 57 heavy (non-hydrogen) atoms. The Hall–Kier alpha value is -7.20. The van der Waals surface area contributed by atoms with Gasteiger partial charge >= 0.3 is 0 Å². The minimum atomic E-state index is 0.888. The van der Waals surface area contributed by atoms with Crippen LogP contribution in [0.4, 0.5) is 17.1 Å². The first-order valence-electron chi connectivity index (χ1n) is 19.3. The molecule has 2 heterocycles. The molecule has 268 valence electrons. The largest absolute Gasteiger partial charge is 0.456 e. The van der Waals surface area contributed by atoms with Gasteiger partial charge in [0.25, 0.3) is 0 Å². The van der Waals surface area contributed by atoms with E-state index in [1.165, 1.54) is 42.4 Å². The lowest BCUT2D eigenvalue weighted by molar-refractivity contribution is 0.669. The minimum absolute atomic E-state index is 0.888. The van der Waals surface area contributed by atoms with Crippen LogP contribution in [0.25, 0.3) is 86.6 Å². The van der Waals surface area contributed by atoms with Crippen molar-refractivity contribution < 1.29 is 4.42 Å². The molecule has 2 nitrogen and oxygen atoms in total. The van der Waals surface area contributed by atoms with Gasteiger partial charge < -0.3 is 9.32 Å². The van der Waals surface area contributed by atoms with Crippen molar-refractivity contribution >= 4 is 70.5 Å². The van der Waals surface area contributed by atoms with Crippen LogP contribution in [-0.4, -0.2) is 0 Å². The predicted molar refractivity (Wildman–Crippen MR) is 243 cm³/mol. The molecule has 0 aliphatic rings. The number of furan rings is 1. The highest BCUT2D eigenvalue weighted by Gasteiger charge is 2.21. The highest BCUT2D eigenvalue weighted by molar-refractivity contribution is 7.26. The Kier molecular flexibility index (Phi) is 8.04. The Morgan fingerprint density at radius 1 is 0.351 bits per heavy atom. The van der Waals surface area contributed by atoms with Gasteiger partial charge in [0.2, 0.25) is 0 Å². The summed E-state index contributed by atoms with van der Waals surface area (Å²) < 4.78 is 8.94. The second kappa shape index (κ2) is 13.8. The summed E-state index contributed by atoms with van der Waals surface area (Å²) in [5.41, 5.74) is 14.5. The molecule has 0 saturated heterocycles. The molecule has 11 aromatic rings. The van der Waals surface area contributed by atoms with E-state index >= 15 is 0 Å². The van der Waals surface area contributed by atoms with Gasteiger partial charge in [0.05, 0.1) is 10.4 Å². The summed E-state index contributed by atoms with van der Waals surface area (Å²) in [6.07, 6.45) is 0. The topological polar surface area (TPSA) is 16.4 Å².